The Balaban J connectivity index is 1.67. The average Bonchev–Trinajstić information content (AvgIpc) is 3.35. The summed E-state index contributed by atoms with van der Waals surface area (Å²) in [6, 6.07) is 30.1. The van der Waals surface area contributed by atoms with Gasteiger partial charge in [0, 0.05) is 5.56 Å². The summed E-state index contributed by atoms with van der Waals surface area (Å²) in [5.41, 5.74) is 6.59. The largest absolute Gasteiger partial charge is 0.493 e. The lowest BCUT2D eigenvalue weighted by Crippen LogP contribution is -2.12. The predicted octanol–water partition coefficient (Wildman–Crippen LogP) is 6.63. The summed E-state index contributed by atoms with van der Waals surface area (Å²) in [6.45, 7) is 5.30. The second kappa shape index (κ2) is 11.0. The number of hydrogen-bond donors (Lipinski definition) is 1. The van der Waals surface area contributed by atoms with Gasteiger partial charge >= 0.3 is 0 Å². The molecule has 31 heavy (non-hydrogen) atoms. The van der Waals surface area contributed by atoms with E-state index in [4.69, 9.17) is 4.74 Å². The van der Waals surface area contributed by atoms with Crippen molar-refractivity contribution in [2.75, 3.05) is 19.7 Å². The average molecular weight is 412 g/mol. The van der Waals surface area contributed by atoms with Crippen LogP contribution in [0, 0.1) is 5.92 Å². The Morgan fingerprint density at radius 2 is 1.58 bits per heavy atom. The second-order valence-corrected chi connectivity index (χ2v) is 8.33. The summed E-state index contributed by atoms with van der Waals surface area (Å²) < 4.78 is 6.36. The zero-order valence-electron chi connectivity index (χ0n) is 18.5. The minimum atomic E-state index is 0.742. The van der Waals surface area contributed by atoms with Gasteiger partial charge in [0.25, 0.3) is 0 Å². The maximum absolute atomic E-state index is 6.36. The number of nitrogens with one attached hydrogen (secondary N) is 1. The van der Waals surface area contributed by atoms with Crippen molar-refractivity contribution < 1.29 is 4.74 Å². The van der Waals surface area contributed by atoms with Crippen LogP contribution in [0.25, 0.3) is 11.1 Å². The predicted molar refractivity (Wildman–Crippen MR) is 131 cm³/mol. The standard InChI is InChI=1S/C29H33NO/c1-2-26(27-15-9-10-16-29(27)31-20-18-24-17-19-30-22-24)28(25-13-7-4-8-14-25)21-23-11-5-3-6-12-23/h3-16,24,30H,2,17-22H2,1H3. The third-order valence-electron chi connectivity index (χ3n) is 6.22. The van der Waals surface area contributed by atoms with E-state index in [1.165, 1.54) is 34.3 Å². The molecule has 0 amide bonds. The molecule has 3 aromatic rings. The van der Waals surface area contributed by atoms with Crippen molar-refractivity contribution in [1.82, 2.24) is 5.32 Å². The van der Waals surface area contributed by atoms with Crippen molar-refractivity contribution in [3.63, 3.8) is 0 Å². The highest BCUT2D eigenvalue weighted by atomic mass is 16.5. The zero-order chi connectivity index (χ0) is 21.3. The number of allylic oxidation sites excluding steroid dienone is 2. The highest BCUT2D eigenvalue weighted by molar-refractivity contribution is 5.93. The van der Waals surface area contributed by atoms with Crippen LogP contribution < -0.4 is 10.1 Å². The van der Waals surface area contributed by atoms with Crippen LogP contribution >= 0.6 is 0 Å². The van der Waals surface area contributed by atoms with E-state index in [-0.39, 0.29) is 0 Å². The lowest BCUT2D eigenvalue weighted by atomic mass is 9.88. The Hall–Kier alpha value is -2.84. The number of hydrogen-bond acceptors (Lipinski definition) is 2. The number of para-hydroxylation sites is 1. The lowest BCUT2D eigenvalue weighted by Gasteiger charge is -2.19. The normalized spacial score (nSPS) is 16.7. The van der Waals surface area contributed by atoms with E-state index in [0.29, 0.717) is 0 Å². The molecule has 160 valence electrons. The van der Waals surface area contributed by atoms with Gasteiger partial charge in [0.2, 0.25) is 0 Å². The lowest BCUT2D eigenvalue weighted by molar-refractivity contribution is 0.283. The first-order valence-electron chi connectivity index (χ1n) is 11.6. The Morgan fingerprint density at radius 1 is 0.871 bits per heavy atom. The number of benzene rings is 3. The molecule has 1 heterocycles. The van der Waals surface area contributed by atoms with Gasteiger partial charge in [0.1, 0.15) is 5.75 Å². The summed E-state index contributed by atoms with van der Waals surface area (Å²) in [5.74, 6) is 1.75. The van der Waals surface area contributed by atoms with Crippen molar-refractivity contribution in [2.24, 2.45) is 5.92 Å². The van der Waals surface area contributed by atoms with Gasteiger partial charge in [0.15, 0.2) is 0 Å². The van der Waals surface area contributed by atoms with E-state index in [2.05, 4.69) is 97.2 Å². The minimum Gasteiger partial charge on any atom is -0.493 e. The van der Waals surface area contributed by atoms with Gasteiger partial charge in [-0.2, -0.15) is 0 Å². The highest BCUT2D eigenvalue weighted by Crippen LogP contribution is 2.36. The first-order chi connectivity index (χ1) is 15.3. The van der Waals surface area contributed by atoms with E-state index in [1.807, 2.05) is 0 Å². The fraction of sp³-hybridized carbons (Fsp3) is 0.310. The van der Waals surface area contributed by atoms with Gasteiger partial charge in [-0.25, -0.2) is 0 Å². The molecule has 1 unspecified atom stereocenters. The van der Waals surface area contributed by atoms with Gasteiger partial charge in [-0.1, -0.05) is 85.8 Å². The van der Waals surface area contributed by atoms with Crippen LogP contribution in [0.15, 0.2) is 84.9 Å². The maximum atomic E-state index is 6.36. The van der Waals surface area contributed by atoms with E-state index >= 15 is 0 Å². The number of ether oxygens (including phenoxy) is 1. The molecular formula is C29H33NO. The van der Waals surface area contributed by atoms with Crippen molar-refractivity contribution in [2.45, 2.75) is 32.6 Å². The molecule has 0 spiro atoms. The molecular weight excluding hydrogens is 378 g/mol. The molecule has 1 atom stereocenters. The Bertz CT molecular complexity index is 972. The first kappa shape index (κ1) is 21.4. The smallest absolute Gasteiger partial charge is 0.126 e. The van der Waals surface area contributed by atoms with Crippen LogP contribution in [0.3, 0.4) is 0 Å². The van der Waals surface area contributed by atoms with E-state index in [1.54, 1.807) is 0 Å². The van der Waals surface area contributed by atoms with Crippen LogP contribution in [-0.4, -0.2) is 19.7 Å². The van der Waals surface area contributed by atoms with Gasteiger partial charge in [0.05, 0.1) is 6.61 Å². The number of rotatable bonds is 9. The molecule has 2 heteroatoms. The molecule has 1 aliphatic rings. The first-order valence-corrected chi connectivity index (χ1v) is 11.6. The molecule has 0 radical (unpaired) electrons. The highest BCUT2D eigenvalue weighted by Gasteiger charge is 2.17. The monoisotopic (exact) mass is 411 g/mol. The molecule has 4 rings (SSSR count). The van der Waals surface area contributed by atoms with Crippen LogP contribution in [0.1, 0.15) is 42.9 Å². The van der Waals surface area contributed by atoms with Crippen LogP contribution in [0.5, 0.6) is 5.75 Å². The topological polar surface area (TPSA) is 21.3 Å². The van der Waals surface area contributed by atoms with Crippen molar-refractivity contribution in [3.8, 4) is 5.75 Å². The third kappa shape index (κ3) is 5.65. The molecule has 1 N–H and O–H groups in total. The zero-order valence-corrected chi connectivity index (χ0v) is 18.5. The third-order valence-corrected chi connectivity index (χ3v) is 6.22. The molecule has 0 bridgehead atoms. The van der Waals surface area contributed by atoms with Crippen LogP contribution in [-0.2, 0) is 6.42 Å². The Morgan fingerprint density at radius 3 is 2.29 bits per heavy atom. The summed E-state index contributed by atoms with van der Waals surface area (Å²) in [4.78, 5) is 0. The fourth-order valence-electron chi connectivity index (χ4n) is 4.53. The Labute approximate surface area is 187 Å². The second-order valence-electron chi connectivity index (χ2n) is 8.33. The van der Waals surface area contributed by atoms with E-state index in [0.717, 1.165) is 50.6 Å². The van der Waals surface area contributed by atoms with Gasteiger partial charge < -0.3 is 10.1 Å². The van der Waals surface area contributed by atoms with E-state index in [9.17, 15) is 0 Å². The summed E-state index contributed by atoms with van der Waals surface area (Å²) in [5, 5.41) is 3.45. The molecule has 3 aromatic carbocycles. The van der Waals surface area contributed by atoms with Crippen LogP contribution in [0.4, 0.5) is 0 Å². The molecule has 1 fully saturated rings. The summed E-state index contributed by atoms with van der Waals surface area (Å²) in [7, 11) is 0. The fourth-order valence-corrected chi connectivity index (χ4v) is 4.53. The minimum absolute atomic E-state index is 0.742. The van der Waals surface area contributed by atoms with Gasteiger partial charge in [-0.3, -0.25) is 0 Å². The van der Waals surface area contributed by atoms with Crippen LogP contribution in [0.2, 0.25) is 0 Å². The van der Waals surface area contributed by atoms with Crippen molar-refractivity contribution in [3.05, 3.63) is 102 Å². The molecule has 0 aliphatic carbocycles. The summed E-state index contributed by atoms with van der Waals surface area (Å²) >= 11 is 0. The maximum Gasteiger partial charge on any atom is 0.126 e. The van der Waals surface area contributed by atoms with Crippen molar-refractivity contribution in [1.29, 1.82) is 0 Å². The quantitative estimate of drug-likeness (QED) is 0.399. The summed E-state index contributed by atoms with van der Waals surface area (Å²) in [6.07, 6.45) is 4.25. The van der Waals surface area contributed by atoms with Gasteiger partial charge in [-0.15, -0.1) is 0 Å². The van der Waals surface area contributed by atoms with E-state index < -0.39 is 0 Å². The molecule has 1 saturated heterocycles. The Kier molecular flexibility index (Phi) is 7.57. The van der Waals surface area contributed by atoms with Gasteiger partial charge in [-0.05, 0) is 73.0 Å². The molecule has 2 nitrogen and oxygen atoms in total. The SMILES string of the molecule is CCC(=C(Cc1ccccc1)c1ccccc1)c1ccccc1OCCC1CCNC1. The molecule has 0 aromatic heterocycles. The van der Waals surface area contributed by atoms with Crippen molar-refractivity contribution >= 4 is 11.1 Å². The molecule has 1 aliphatic heterocycles. The molecule has 0 saturated carbocycles.